The summed E-state index contributed by atoms with van der Waals surface area (Å²) in [4.78, 5) is 4.19. The number of aromatic nitrogens is 1. The number of hydrogen-bond acceptors (Lipinski definition) is 2. The van der Waals surface area contributed by atoms with Crippen LogP contribution in [0.15, 0.2) is 18.2 Å². The Morgan fingerprint density at radius 3 is 2.71 bits per heavy atom. The van der Waals surface area contributed by atoms with Gasteiger partial charge >= 0.3 is 0 Å². The monoisotopic (exact) mass is 226 g/mol. The lowest BCUT2D eigenvalue weighted by Gasteiger charge is -2.05. The average molecular weight is 227 g/mol. The molecule has 0 aliphatic heterocycles. The highest BCUT2D eigenvalue weighted by Gasteiger charge is 2.06. The van der Waals surface area contributed by atoms with Crippen LogP contribution in [0.3, 0.4) is 0 Å². The molecule has 0 radical (unpaired) electrons. The molecular formula is C10H8Cl2N2. The van der Waals surface area contributed by atoms with Crippen LogP contribution in [-0.2, 0) is 0 Å². The number of nitrogen functional groups attached to an aromatic ring is 1. The van der Waals surface area contributed by atoms with E-state index in [2.05, 4.69) is 4.98 Å². The number of nitrogens with zero attached hydrogens (tertiary/aromatic N) is 1. The highest BCUT2D eigenvalue weighted by molar-refractivity contribution is 6.36. The molecule has 0 unspecified atom stereocenters. The fraction of sp³-hybridized carbons (Fsp3) is 0.100. The lowest BCUT2D eigenvalue weighted by atomic mass is 10.1. The summed E-state index contributed by atoms with van der Waals surface area (Å²) < 4.78 is 0. The minimum absolute atomic E-state index is 0.322. The Labute approximate surface area is 91.6 Å². The van der Waals surface area contributed by atoms with Crippen molar-refractivity contribution in [2.24, 2.45) is 0 Å². The van der Waals surface area contributed by atoms with Crippen LogP contribution in [0.4, 0.5) is 5.69 Å². The summed E-state index contributed by atoms with van der Waals surface area (Å²) in [5.41, 5.74) is 7.94. The fourth-order valence-electron chi connectivity index (χ4n) is 1.36. The lowest BCUT2D eigenvalue weighted by Crippen LogP contribution is -1.92. The highest BCUT2D eigenvalue weighted by Crippen LogP contribution is 2.29. The molecule has 0 aliphatic rings. The molecule has 0 amide bonds. The Kier molecular flexibility index (Phi) is 2.25. The first-order chi connectivity index (χ1) is 6.59. The third-order valence-corrected chi connectivity index (χ3v) is 2.75. The van der Waals surface area contributed by atoms with Gasteiger partial charge in [0.05, 0.1) is 16.2 Å². The van der Waals surface area contributed by atoms with E-state index in [1.54, 1.807) is 6.07 Å². The number of halogens is 2. The second-order valence-corrected chi connectivity index (χ2v) is 3.89. The number of benzene rings is 1. The van der Waals surface area contributed by atoms with Crippen LogP contribution in [0, 0.1) is 6.92 Å². The Morgan fingerprint density at radius 2 is 2.00 bits per heavy atom. The summed E-state index contributed by atoms with van der Waals surface area (Å²) in [6.45, 7) is 1.96. The molecule has 0 fully saturated rings. The van der Waals surface area contributed by atoms with Crippen molar-refractivity contribution in [3.8, 4) is 0 Å². The van der Waals surface area contributed by atoms with Gasteiger partial charge in [-0.1, -0.05) is 29.3 Å². The first-order valence-electron chi connectivity index (χ1n) is 4.10. The van der Waals surface area contributed by atoms with Crippen LogP contribution >= 0.6 is 23.2 Å². The molecule has 0 bridgehead atoms. The third kappa shape index (κ3) is 1.41. The van der Waals surface area contributed by atoms with Crippen molar-refractivity contribution in [3.63, 3.8) is 0 Å². The predicted octanol–water partition coefficient (Wildman–Crippen LogP) is 3.43. The van der Waals surface area contributed by atoms with Crippen molar-refractivity contribution < 1.29 is 0 Å². The number of nitrogens with two attached hydrogens (primary N) is 1. The zero-order valence-corrected chi connectivity index (χ0v) is 9.02. The second-order valence-electron chi connectivity index (χ2n) is 3.13. The normalized spacial score (nSPS) is 10.8. The van der Waals surface area contributed by atoms with Crippen molar-refractivity contribution >= 4 is 39.8 Å². The molecule has 1 aromatic heterocycles. The molecule has 0 saturated heterocycles. The predicted molar refractivity (Wildman–Crippen MR) is 60.9 cm³/mol. The Hall–Kier alpha value is -0.990. The molecule has 14 heavy (non-hydrogen) atoms. The van der Waals surface area contributed by atoms with Gasteiger partial charge in [-0.25, -0.2) is 4.98 Å². The average Bonchev–Trinajstić information content (AvgIpc) is 2.15. The molecule has 1 heterocycles. The summed E-state index contributed by atoms with van der Waals surface area (Å²) in [6, 6.07) is 5.48. The Bertz CT molecular complexity index is 462. The zero-order valence-electron chi connectivity index (χ0n) is 7.51. The molecule has 2 N–H and O–H groups in total. The Balaban J connectivity index is 2.94. The number of aryl methyl sites for hydroxylation is 1. The van der Waals surface area contributed by atoms with E-state index in [4.69, 9.17) is 28.9 Å². The number of anilines is 1. The number of hydrogen-bond donors (Lipinski definition) is 1. The molecule has 0 saturated carbocycles. The first-order valence-corrected chi connectivity index (χ1v) is 4.86. The number of pyridine rings is 1. The van der Waals surface area contributed by atoms with E-state index in [9.17, 15) is 0 Å². The smallest absolute Gasteiger partial charge is 0.152 e. The second kappa shape index (κ2) is 3.30. The third-order valence-electron chi connectivity index (χ3n) is 2.11. The van der Waals surface area contributed by atoms with Gasteiger partial charge in [-0.05, 0) is 24.6 Å². The molecule has 0 atom stereocenters. The molecule has 72 valence electrons. The van der Waals surface area contributed by atoms with Crippen molar-refractivity contribution in [1.82, 2.24) is 4.98 Å². The van der Waals surface area contributed by atoms with Gasteiger partial charge in [0.25, 0.3) is 0 Å². The minimum Gasteiger partial charge on any atom is -0.396 e. The van der Waals surface area contributed by atoms with Crippen molar-refractivity contribution in [3.05, 3.63) is 33.9 Å². The minimum atomic E-state index is 0.322. The highest BCUT2D eigenvalue weighted by atomic mass is 35.5. The maximum Gasteiger partial charge on any atom is 0.152 e. The van der Waals surface area contributed by atoms with E-state index in [1.807, 2.05) is 19.1 Å². The van der Waals surface area contributed by atoms with Crippen LogP contribution < -0.4 is 5.73 Å². The zero-order chi connectivity index (χ0) is 10.3. The van der Waals surface area contributed by atoms with E-state index in [1.165, 1.54) is 0 Å². The number of rotatable bonds is 0. The van der Waals surface area contributed by atoms with Crippen molar-refractivity contribution in [1.29, 1.82) is 0 Å². The SMILES string of the molecule is Cc1ccc(Cl)c2cc(N)c(Cl)nc12. The van der Waals surface area contributed by atoms with Gasteiger partial charge < -0.3 is 5.73 Å². The van der Waals surface area contributed by atoms with Gasteiger partial charge in [-0.3, -0.25) is 0 Å². The standard InChI is InChI=1S/C10H8Cl2N2/c1-5-2-3-7(11)6-4-8(13)10(12)14-9(5)6/h2-4H,13H2,1H3. The van der Waals surface area contributed by atoms with Gasteiger partial charge in [0, 0.05) is 5.39 Å². The molecular weight excluding hydrogens is 219 g/mol. The topological polar surface area (TPSA) is 38.9 Å². The van der Waals surface area contributed by atoms with Gasteiger partial charge in [0.2, 0.25) is 0 Å². The van der Waals surface area contributed by atoms with Crippen molar-refractivity contribution in [2.45, 2.75) is 6.92 Å². The number of fused-ring (bicyclic) bond motifs is 1. The summed E-state index contributed by atoms with van der Waals surface area (Å²) in [6.07, 6.45) is 0. The van der Waals surface area contributed by atoms with E-state index in [0.717, 1.165) is 16.5 Å². The molecule has 0 spiro atoms. The van der Waals surface area contributed by atoms with Gasteiger partial charge in [-0.2, -0.15) is 0 Å². The van der Waals surface area contributed by atoms with Crippen LogP contribution in [0.5, 0.6) is 0 Å². The summed E-state index contributed by atoms with van der Waals surface area (Å²) in [5, 5.41) is 1.80. The molecule has 0 aliphatic carbocycles. The first kappa shape index (κ1) is 9.56. The van der Waals surface area contributed by atoms with E-state index in [-0.39, 0.29) is 0 Å². The maximum atomic E-state index is 6.01. The van der Waals surface area contributed by atoms with Gasteiger partial charge in [0.15, 0.2) is 5.15 Å². The van der Waals surface area contributed by atoms with E-state index in [0.29, 0.717) is 15.9 Å². The summed E-state index contributed by atoms with van der Waals surface area (Å²) in [5.74, 6) is 0. The van der Waals surface area contributed by atoms with E-state index >= 15 is 0 Å². The summed E-state index contributed by atoms with van der Waals surface area (Å²) in [7, 11) is 0. The van der Waals surface area contributed by atoms with Crippen LogP contribution in [0.25, 0.3) is 10.9 Å². The van der Waals surface area contributed by atoms with Crippen LogP contribution in [-0.4, -0.2) is 4.98 Å². The quantitative estimate of drug-likeness (QED) is 0.700. The van der Waals surface area contributed by atoms with E-state index < -0.39 is 0 Å². The largest absolute Gasteiger partial charge is 0.396 e. The lowest BCUT2D eigenvalue weighted by molar-refractivity contribution is 1.37. The fourth-order valence-corrected chi connectivity index (χ4v) is 1.70. The Morgan fingerprint density at radius 1 is 1.29 bits per heavy atom. The van der Waals surface area contributed by atoms with Crippen molar-refractivity contribution in [2.75, 3.05) is 5.73 Å². The van der Waals surface area contributed by atoms with Crippen LogP contribution in [0.2, 0.25) is 10.2 Å². The van der Waals surface area contributed by atoms with Gasteiger partial charge in [0.1, 0.15) is 0 Å². The van der Waals surface area contributed by atoms with Crippen LogP contribution in [0.1, 0.15) is 5.56 Å². The summed E-state index contributed by atoms with van der Waals surface area (Å²) >= 11 is 11.8. The molecule has 2 nitrogen and oxygen atoms in total. The molecule has 2 rings (SSSR count). The molecule has 2 aromatic rings. The molecule has 1 aromatic carbocycles. The molecule has 4 heteroatoms. The maximum absolute atomic E-state index is 6.01. The van der Waals surface area contributed by atoms with Gasteiger partial charge in [-0.15, -0.1) is 0 Å².